The number of amides is 2. The molecule has 29 heavy (non-hydrogen) atoms. The molecule has 0 aliphatic heterocycles. The minimum Gasteiger partial charge on any atom is -0.348 e. The van der Waals surface area contributed by atoms with Crippen molar-refractivity contribution >= 4 is 17.5 Å². The van der Waals surface area contributed by atoms with Gasteiger partial charge in [0.2, 0.25) is 5.91 Å². The van der Waals surface area contributed by atoms with E-state index in [1.165, 1.54) is 11.0 Å². The van der Waals surface area contributed by atoms with Gasteiger partial charge >= 0.3 is 0 Å². The number of nitrogens with one attached hydrogen (secondary N) is 2. The average Bonchev–Trinajstić information content (AvgIpc) is 3.46. The maximum atomic E-state index is 12.7. The van der Waals surface area contributed by atoms with E-state index >= 15 is 0 Å². The van der Waals surface area contributed by atoms with E-state index in [0.29, 0.717) is 17.8 Å². The molecule has 8 nitrogen and oxygen atoms in total. The van der Waals surface area contributed by atoms with E-state index in [1.54, 1.807) is 18.2 Å². The third-order valence-corrected chi connectivity index (χ3v) is 5.12. The molecule has 2 aromatic carbocycles. The smallest absolute Gasteiger partial charge is 0.253 e. The highest BCUT2D eigenvalue weighted by Crippen LogP contribution is 2.26. The summed E-state index contributed by atoms with van der Waals surface area (Å²) in [5.41, 5.74) is 2.74. The number of carbonyl (C=O) groups is 2. The van der Waals surface area contributed by atoms with Crippen molar-refractivity contribution in [1.82, 2.24) is 25.5 Å². The van der Waals surface area contributed by atoms with Gasteiger partial charge in [0, 0.05) is 18.2 Å². The van der Waals surface area contributed by atoms with Crippen LogP contribution in [0.5, 0.6) is 0 Å². The Hall–Kier alpha value is -3.55. The second-order valence-corrected chi connectivity index (χ2v) is 7.13. The second-order valence-electron chi connectivity index (χ2n) is 7.13. The fourth-order valence-corrected chi connectivity index (χ4v) is 3.61. The summed E-state index contributed by atoms with van der Waals surface area (Å²) in [4.78, 5) is 25.0. The minimum atomic E-state index is -0.225. The predicted molar refractivity (Wildman–Crippen MR) is 107 cm³/mol. The van der Waals surface area contributed by atoms with Crippen molar-refractivity contribution in [2.24, 2.45) is 5.92 Å². The van der Waals surface area contributed by atoms with E-state index in [2.05, 4.69) is 26.2 Å². The van der Waals surface area contributed by atoms with Gasteiger partial charge in [0.05, 0.1) is 11.3 Å². The Labute approximate surface area is 168 Å². The van der Waals surface area contributed by atoms with Gasteiger partial charge < -0.3 is 10.6 Å². The Morgan fingerprint density at radius 1 is 1.07 bits per heavy atom. The van der Waals surface area contributed by atoms with Crippen LogP contribution < -0.4 is 10.6 Å². The predicted octanol–water partition coefficient (Wildman–Crippen LogP) is 2.72. The van der Waals surface area contributed by atoms with E-state index in [1.807, 2.05) is 30.3 Å². The summed E-state index contributed by atoms with van der Waals surface area (Å²) in [7, 11) is 0. The summed E-state index contributed by atoms with van der Waals surface area (Å²) < 4.78 is 1.45. The quantitative estimate of drug-likeness (QED) is 0.674. The fraction of sp³-hybridized carbons (Fsp3) is 0.286. The third kappa shape index (κ3) is 4.48. The van der Waals surface area contributed by atoms with E-state index < -0.39 is 0 Å². The maximum Gasteiger partial charge on any atom is 0.253 e. The number of anilines is 1. The Kier molecular flexibility index (Phi) is 5.60. The molecule has 0 radical (unpaired) electrons. The lowest BCUT2D eigenvalue weighted by Crippen LogP contribution is -2.24. The van der Waals surface area contributed by atoms with Gasteiger partial charge in [-0.1, -0.05) is 37.1 Å². The van der Waals surface area contributed by atoms with Crippen LogP contribution in [0, 0.1) is 5.92 Å². The first-order chi connectivity index (χ1) is 14.2. The normalized spacial score (nSPS) is 13.9. The molecule has 0 atom stereocenters. The lowest BCUT2D eigenvalue weighted by molar-refractivity contribution is -0.119. The van der Waals surface area contributed by atoms with E-state index in [4.69, 9.17) is 0 Å². The molecule has 4 rings (SSSR count). The summed E-state index contributed by atoms with van der Waals surface area (Å²) in [5.74, 6) is -0.0308. The highest BCUT2D eigenvalue weighted by molar-refractivity contribution is 5.97. The highest BCUT2D eigenvalue weighted by Gasteiger charge is 2.22. The summed E-state index contributed by atoms with van der Waals surface area (Å²) >= 11 is 0. The largest absolute Gasteiger partial charge is 0.348 e. The lowest BCUT2D eigenvalue weighted by atomic mass is 10.1. The van der Waals surface area contributed by atoms with Crippen molar-refractivity contribution in [3.63, 3.8) is 0 Å². The van der Waals surface area contributed by atoms with Crippen molar-refractivity contribution in [3.05, 3.63) is 66.0 Å². The molecule has 0 spiro atoms. The number of hydrogen-bond donors (Lipinski definition) is 2. The first-order valence-electron chi connectivity index (χ1n) is 9.71. The second kappa shape index (κ2) is 8.64. The van der Waals surface area contributed by atoms with Crippen molar-refractivity contribution in [1.29, 1.82) is 0 Å². The summed E-state index contributed by atoms with van der Waals surface area (Å²) in [5, 5.41) is 17.0. The van der Waals surface area contributed by atoms with Crippen LogP contribution in [-0.2, 0) is 11.3 Å². The summed E-state index contributed by atoms with van der Waals surface area (Å²) in [6.07, 6.45) is 5.61. The monoisotopic (exact) mass is 390 g/mol. The number of nitrogens with zero attached hydrogens (tertiary/aromatic N) is 4. The van der Waals surface area contributed by atoms with Crippen LogP contribution in [0.3, 0.4) is 0 Å². The number of rotatable bonds is 6. The van der Waals surface area contributed by atoms with Gasteiger partial charge in [-0.2, -0.15) is 4.68 Å². The van der Waals surface area contributed by atoms with Gasteiger partial charge in [-0.25, -0.2) is 0 Å². The molecular formula is C21H22N6O2. The van der Waals surface area contributed by atoms with E-state index in [-0.39, 0.29) is 17.7 Å². The van der Waals surface area contributed by atoms with Crippen LogP contribution in [-0.4, -0.2) is 32.0 Å². The van der Waals surface area contributed by atoms with Crippen LogP contribution in [0.25, 0.3) is 5.69 Å². The van der Waals surface area contributed by atoms with Gasteiger partial charge in [-0.15, -0.1) is 5.10 Å². The number of carbonyl (C=O) groups excluding carboxylic acids is 2. The summed E-state index contributed by atoms with van der Waals surface area (Å²) in [6, 6.07) is 14.7. The number of benzene rings is 2. The Morgan fingerprint density at radius 3 is 2.69 bits per heavy atom. The molecule has 2 N–H and O–H groups in total. The fourth-order valence-electron chi connectivity index (χ4n) is 3.61. The third-order valence-electron chi connectivity index (χ3n) is 5.12. The number of hydrogen-bond acceptors (Lipinski definition) is 5. The number of aromatic nitrogens is 4. The molecule has 1 aromatic heterocycles. The van der Waals surface area contributed by atoms with Crippen molar-refractivity contribution < 1.29 is 9.59 Å². The zero-order chi connectivity index (χ0) is 20.1. The topological polar surface area (TPSA) is 102 Å². The molecular weight excluding hydrogens is 368 g/mol. The zero-order valence-corrected chi connectivity index (χ0v) is 15.9. The molecule has 1 saturated carbocycles. The summed E-state index contributed by atoms with van der Waals surface area (Å²) in [6.45, 7) is 0.343. The van der Waals surface area contributed by atoms with Crippen LogP contribution in [0.4, 0.5) is 5.69 Å². The molecule has 0 bridgehead atoms. The standard InChI is InChI=1S/C21H22N6O2/c28-20(16-7-1-2-8-16)24-17-9-5-6-15(12-17)13-22-21(29)18-10-3-4-11-19(18)27-14-23-25-26-27/h3-6,9-12,14,16H,1-2,7-8,13H2,(H,22,29)(H,24,28). The van der Waals surface area contributed by atoms with Crippen molar-refractivity contribution in [2.75, 3.05) is 5.32 Å². The van der Waals surface area contributed by atoms with Crippen LogP contribution in [0.1, 0.15) is 41.6 Å². The molecule has 1 fully saturated rings. The molecule has 0 unspecified atom stereocenters. The van der Waals surface area contributed by atoms with Gasteiger partial charge in [0.15, 0.2) is 0 Å². The Bertz CT molecular complexity index is 996. The zero-order valence-electron chi connectivity index (χ0n) is 15.9. The Morgan fingerprint density at radius 2 is 1.90 bits per heavy atom. The molecule has 0 saturated heterocycles. The van der Waals surface area contributed by atoms with E-state index in [0.717, 1.165) is 36.9 Å². The molecule has 1 aliphatic carbocycles. The molecule has 3 aromatic rings. The average molecular weight is 390 g/mol. The SMILES string of the molecule is O=C(NCc1cccc(NC(=O)C2CCCC2)c1)c1ccccc1-n1cnnn1. The van der Waals surface area contributed by atoms with Crippen LogP contribution >= 0.6 is 0 Å². The molecule has 1 heterocycles. The van der Waals surface area contributed by atoms with Gasteiger partial charge in [-0.05, 0) is 53.1 Å². The number of para-hydroxylation sites is 1. The van der Waals surface area contributed by atoms with Gasteiger partial charge in [0.1, 0.15) is 6.33 Å². The minimum absolute atomic E-state index is 0.0825. The maximum absolute atomic E-state index is 12.7. The Balaban J connectivity index is 1.41. The molecule has 8 heteroatoms. The van der Waals surface area contributed by atoms with Crippen molar-refractivity contribution in [3.8, 4) is 5.69 Å². The van der Waals surface area contributed by atoms with Crippen molar-refractivity contribution in [2.45, 2.75) is 32.2 Å². The highest BCUT2D eigenvalue weighted by atomic mass is 16.2. The van der Waals surface area contributed by atoms with Gasteiger partial charge in [-0.3, -0.25) is 9.59 Å². The molecule has 148 valence electrons. The van der Waals surface area contributed by atoms with Crippen LogP contribution in [0.2, 0.25) is 0 Å². The van der Waals surface area contributed by atoms with Gasteiger partial charge in [0.25, 0.3) is 5.91 Å². The van der Waals surface area contributed by atoms with Crippen LogP contribution in [0.15, 0.2) is 54.9 Å². The molecule has 1 aliphatic rings. The van der Waals surface area contributed by atoms with E-state index in [9.17, 15) is 9.59 Å². The first kappa shape index (κ1) is 18.8. The number of tetrazole rings is 1. The molecule has 2 amide bonds. The first-order valence-corrected chi connectivity index (χ1v) is 9.71. The lowest BCUT2D eigenvalue weighted by Gasteiger charge is -2.12.